The maximum atomic E-state index is 12.9. The molecular weight excluding hydrogens is 387 g/mol. The van der Waals surface area contributed by atoms with Gasteiger partial charge in [-0.3, -0.25) is 10.1 Å². The van der Waals surface area contributed by atoms with Crippen molar-refractivity contribution in [1.29, 1.82) is 0 Å². The number of amides is 1. The normalized spacial score (nSPS) is 12.5. The standard InChI is InChI=1S/C18H11FN4O4S/c19-11-4-1-9(2-5-11)8-20-17-22-23-18(28-17)21-14(24)10-3-6-12-13(7-10)16(26)27-15(12)25/h1-7H,8H2,(H,20,22)(H,21,23,24). The van der Waals surface area contributed by atoms with Crippen molar-refractivity contribution in [3.63, 3.8) is 0 Å². The molecule has 0 saturated carbocycles. The Morgan fingerprint density at radius 2 is 1.71 bits per heavy atom. The van der Waals surface area contributed by atoms with Crippen LogP contribution in [0.1, 0.15) is 36.6 Å². The van der Waals surface area contributed by atoms with E-state index in [1.165, 1.54) is 30.3 Å². The first-order chi connectivity index (χ1) is 13.5. The SMILES string of the molecule is O=C(Nc1nnc(NCc2ccc(F)cc2)s1)c1ccc2c(c1)C(=O)OC2=O. The Morgan fingerprint density at radius 3 is 2.50 bits per heavy atom. The molecule has 0 radical (unpaired) electrons. The topological polar surface area (TPSA) is 110 Å². The van der Waals surface area contributed by atoms with Gasteiger partial charge in [-0.05, 0) is 35.9 Å². The van der Waals surface area contributed by atoms with Gasteiger partial charge in [0.1, 0.15) is 5.82 Å². The molecule has 8 nitrogen and oxygen atoms in total. The van der Waals surface area contributed by atoms with Crippen molar-refractivity contribution in [3.8, 4) is 0 Å². The van der Waals surface area contributed by atoms with Crippen LogP contribution in [0.3, 0.4) is 0 Å². The fraction of sp³-hybridized carbons (Fsp3) is 0.0556. The van der Waals surface area contributed by atoms with Gasteiger partial charge in [0.25, 0.3) is 5.91 Å². The summed E-state index contributed by atoms with van der Waals surface area (Å²) >= 11 is 1.12. The molecule has 2 N–H and O–H groups in total. The van der Waals surface area contributed by atoms with Gasteiger partial charge in [-0.15, -0.1) is 10.2 Å². The second kappa shape index (κ2) is 7.16. The summed E-state index contributed by atoms with van der Waals surface area (Å²) in [5, 5.41) is 14.1. The lowest BCUT2D eigenvalue weighted by molar-refractivity contribution is 0.0443. The highest BCUT2D eigenvalue weighted by molar-refractivity contribution is 7.19. The molecule has 0 unspecified atom stereocenters. The second-order valence-electron chi connectivity index (χ2n) is 5.78. The van der Waals surface area contributed by atoms with Crippen LogP contribution in [-0.4, -0.2) is 28.0 Å². The van der Waals surface area contributed by atoms with Crippen LogP contribution >= 0.6 is 11.3 Å². The van der Waals surface area contributed by atoms with Crippen LogP contribution < -0.4 is 10.6 Å². The summed E-state index contributed by atoms with van der Waals surface area (Å²) < 4.78 is 17.4. The molecule has 2 aromatic carbocycles. The maximum Gasteiger partial charge on any atom is 0.346 e. The van der Waals surface area contributed by atoms with Crippen LogP contribution in [0.25, 0.3) is 0 Å². The summed E-state index contributed by atoms with van der Waals surface area (Å²) in [6, 6.07) is 10.1. The molecule has 0 atom stereocenters. The number of anilines is 2. The van der Waals surface area contributed by atoms with Crippen LogP contribution in [0.2, 0.25) is 0 Å². The first kappa shape index (κ1) is 17.7. The molecule has 1 amide bonds. The zero-order valence-corrected chi connectivity index (χ0v) is 14.9. The van der Waals surface area contributed by atoms with E-state index in [1.54, 1.807) is 12.1 Å². The lowest BCUT2D eigenvalue weighted by Crippen LogP contribution is -2.12. The lowest BCUT2D eigenvalue weighted by atomic mass is 10.1. The highest BCUT2D eigenvalue weighted by Crippen LogP contribution is 2.24. The van der Waals surface area contributed by atoms with Gasteiger partial charge in [0.05, 0.1) is 11.1 Å². The zero-order valence-electron chi connectivity index (χ0n) is 14.1. The summed E-state index contributed by atoms with van der Waals surface area (Å²) in [5.74, 6) is -2.32. The van der Waals surface area contributed by atoms with Gasteiger partial charge in [0.2, 0.25) is 10.3 Å². The summed E-state index contributed by atoms with van der Waals surface area (Å²) in [6.07, 6.45) is 0. The predicted molar refractivity (Wildman–Crippen MR) is 97.8 cm³/mol. The third kappa shape index (κ3) is 3.58. The molecule has 0 bridgehead atoms. The molecule has 1 aliphatic heterocycles. The van der Waals surface area contributed by atoms with E-state index in [9.17, 15) is 18.8 Å². The van der Waals surface area contributed by atoms with Gasteiger partial charge < -0.3 is 10.1 Å². The van der Waals surface area contributed by atoms with Crippen LogP contribution in [0, 0.1) is 5.82 Å². The first-order valence-corrected chi connectivity index (χ1v) is 8.85. The minimum Gasteiger partial charge on any atom is -0.386 e. The molecule has 0 aliphatic carbocycles. The number of nitrogens with one attached hydrogen (secondary N) is 2. The maximum absolute atomic E-state index is 12.9. The molecule has 3 aromatic rings. The van der Waals surface area contributed by atoms with Gasteiger partial charge >= 0.3 is 11.9 Å². The van der Waals surface area contributed by atoms with E-state index in [-0.39, 0.29) is 27.6 Å². The van der Waals surface area contributed by atoms with Gasteiger partial charge in [-0.1, -0.05) is 23.5 Å². The molecule has 28 heavy (non-hydrogen) atoms. The Kier molecular flexibility index (Phi) is 4.53. The lowest BCUT2D eigenvalue weighted by Gasteiger charge is -2.02. The molecule has 0 fully saturated rings. The Bertz CT molecular complexity index is 1100. The van der Waals surface area contributed by atoms with Gasteiger partial charge in [-0.25, -0.2) is 14.0 Å². The van der Waals surface area contributed by atoms with Crippen LogP contribution in [0.15, 0.2) is 42.5 Å². The smallest absolute Gasteiger partial charge is 0.346 e. The van der Waals surface area contributed by atoms with Crippen LogP contribution in [0.4, 0.5) is 14.7 Å². The Labute approximate surface area is 161 Å². The van der Waals surface area contributed by atoms with E-state index < -0.39 is 17.8 Å². The second-order valence-corrected chi connectivity index (χ2v) is 6.76. The predicted octanol–water partition coefficient (Wildman–Crippen LogP) is 2.85. The molecule has 0 spiro atoms. The molecule has 4 rings (SSSR count). The van der Waals surface area contributed by atoms with Crippen LogP contribution in [-0.2, 0) is 11.3 Å². The number of aromatic nitrogens is 2. The number of esters is 2. The zero-order chi connectivity index (χ0) is 19.7. The summed E-state index contributed by atoms with van der Waals surface area (Å²) in [6.45, 7) is 0.420. The number of carbonyl (C=O) groups is 3. The molecule has 140 valence electrons. The number of carbonyl (C=O) groups excluding carboxylic acids is 3. The number of halogens is 1. The number of hydrogen-bond donors (Lipinski definition) is 2. The Balaban J connectivity index is 1.40. The number of benzene rings is 2. The van der Waals surface area contributed by atoms with Crippen molar-refractivity contribution in [3.05, 3.63) is 70.5 Å². The Morgan fingerprint density at radius 1 is 1.00 bits per heavy atom. The van der Waals surface area contributed by atoms with Crippen molar-refractivity contribution in [2.75, 3.05) is 10.6 Å². The minimum atomic E-state index is -0.780. The molecule has 2 heterocycles. The molecule has 10 heteroatoms. The summed E-state index contributed by atoms with van der Waals surface area (Å²) in [5.41, 5.74) is 1.23. The van der Waals surface area contributed by atoms with Gasteiger partial charge in [0, 0.05) is 12.1 Å². The number of rotatable bonds is 5. The molecule has 0 saturated heterocycles. The highest BCUT2D eigenvalue weighted by atomic mass is 32.1. The van der Waals surface area contributed by atoms with Crippen LogP contribution in [0.5, 0.6) is 0 Å². The van der Waals surface area contributed by atoms with E-state index in [4.69, 9.17) is 0 Å². The number of nitrogens with zero attached hydrogens (tertiary/aromatic N) is 2. The highest BCUT2D eigenvalue weighted by Gasteiger charge is 2.30. The quantitative estimate of drug-likeness (QED) is 0.502. The monoisotopic (exact) mass is 398 g/mol. The fourth-order valence-corrected chi connectivity index (χ4v) is 3.16. The number of hydrogen-bond acceptors (Lipinski definition) is 8. The third-order valence-corrected chi connectivity index (χ3v) is 4.71. The number of ether oxygens (including phenoxy) is 1. The van der Waals surface area contributed by atoms with Crippen molar-refractivity contribution in [1.82, 2.24) is 10.2 Å². The number of fused-ring (bicyclic) bond motifs is 1. The van der Waals surface area contributed by atoms with Crippen molar-refractivity contribution in [2.24, 2.45) is 0 Å². The molecular formula is C18H11FN4O4S. The summed E-state index contributed by atoms with van der Waals surface area (Å²) in [7, 11) is 0. The Hall–Kier alpha value is -3.66. The van der Waals surface area contributed by atoms with Crippen molar-refractivity contribution < 1.29 is 23.5 Å². The van der Waals surface area contributed by atoms with E-state index >= 15 is 0 Å². The third-order valence-electron chi connectivity index (χ3n) is 3.91. The van der Waals surface area contributed by atoms with E-state index in [0.29, 0.717) is 11.7 Å². The van der Waals surface area contributed by atoms with E-state index in [1.807, 2.05) is 0 Å². The largest absolute Gasteiger partial charge is 0.386 e. The minimum absolute atomic E-state index is 0.0524. The molecule has 1 aromatic heterocycles. The van der Waals surface area contributed by atoms with Crippen molar-refractivity contribution in [2.45, 2.75) is 6.54 Å². The average molecular weight is 398 g/mol. The van der Waals surface area contributed by atoms with E-state index in [0.717, 1.165) is 16.9 Å². The first-order valence-electron chi connectivity index (χ1n) is 8.03. The average Bonchev–Trinajstić information content (AvgIpc) is 3.25. The molecule has 1 aliphatic rings. The van der Waals surface area contributed by atoms with Gasteiger partial charge in [0.15, 0.2) is 0 Å². The van der Waals surface area contributed by atoms with Gasteiger partial charge in [-0.2, -0.15) is 0 Å². The summed E-state index contributed by atoms with van der Waals surface area (Å²) in [4.78, 5) is 35.4. The number of cyclic esters (lactones) is 2. The van der Waals surface area contributed by atoms with Crippen molar-refractivity contribution >= 4 is 39.4 Å². The van der Waals surface area contributed by atoms with E-state index in [2.05, 4.69) is 25.6 Å². The fourth-order valence-electron chi connectivity index (χ4n) is 2.52.